The molecule has 0 aliphatic carbocycles. The van der Waals surface area contributed by atoms with Gasteiger partial charge in [-0.3, -0.25) is 4.79 Å². The Balaban J connectivity index is 1.41. The Morgan fingerprint density at radius 2 is 1.75 bits per heavy atom. The van der Waals surface area contributed by atoms with Crippen LogP contribution in [0.5, 0.6) is 0 Å². The van der Waals surface area contributed by atoms with Crippen molar-refractivity contribution in [3.63, 3.8) is 0 Å². The molecule has 2 bridgehead atoms. The monoisotopic (exact) mass is 381 g/mol. The largest absolute Gasteiger partial charge is 0.445 e. The predicted molar refractivity (Wildman–Crippen MR) is 103 cm³/mol. The summed E-state index contributed by atoms with van der Waals surface area (Å²) in [5.41, 5.74) is 2.22. The van der Waals surface area contributed by atoms with Gasteiger partial charge in [0.15, 0.2) is 5.78 Å². The number of hydrogen-bond acceptors (Lipinski definition) is 3. The number of fused-ring (bicyclic) bond motifs is 2. The molecule has 1 amide bonds. The first kappa shape index (κ1) is 18.7. The van der Waals surface area contributed by atoms with Crippen LogP contribution in [0.15, 0.2) is 48.5 Å². The van der Waals surface area contributed by atoms with Crippen molar-refractivity contribution in [1.82, 2.24) is 4.90 Å². The molecule has 0 N–H and O–H groups in total. The highest BCUT2D eigenvalue weighted by Gasteiger charge is 2.46. The lowest BCUT2D eigenvalue weighted by Gasteiger charge is -2.37. The number of aryl methyl sites for hydroxylation is 1. The van der Waals surface area contributed by atoms with Crippen LogP contribution in [0.2, 0.25) is 0 Å². The lowest BCUT2D eigenvalue weighted by molar-refractivity contribution is 0.0485. The van der Waals surface area contributed by atoms with Gasteiger partial charge in [-0.15, -0.1) is 0 Å². The van der Waals surface area contributed by atoms with Gasteiger partial charge in [0.05, 0.1) is 0 Å². The lowest BCUT2D eigenvalue weighted by Crippen LogP contribution is -2.48. The van der Waals surface area contributed by atoms with Gasteiger partial charge in [-0.2, -0.15) is 0 Å². The average Bonchev–Trinajstić information content (AvgIpc) is 2.96. The Kier molecular flexibility index (Phi) is 5.16. The van der Waals surface area contributed by atoms with Gasteiger partial charge in [0.2, 0.25) is 0 Å². The van der Waals surface area contributed by atoms with Gasteiger partial charge in [0, 0.05) is 23.6 Å². The molecule has 0 radical (unpaired) electrons. The molecule has 2 saturated heterocycles. The number of ketones is 1. The summed E-state index contributed by atoms with van der Waals surface area (Å²) in [7, 11) is 0. The number of benzene rings is 2. The summed E-state index contributed by atoms with van der Waals surface area (Å²) in [6.45, 7) is 2.02. The van der Waals surface area contributed by atoms with Crippen molar-refractivity contribution in [3.05, 3.63) is 71.0 Å². The zero-order valence-corrected chi connectivity index (χ0v) is 15.9. The number of rotatable bonds is 4. The minimum atomic E-state index is -0.329. The maximum absolute atomic E-state index is 13.4. The first-order valence-electron chi connectivity index (χ1n) is 9.82. The molecule has 146 valence electrons. The topological polar surface area (TPSA) is 46.6 Å². The maximum atomic E-state index is 13.4. The molecule has 2 aliphatic heterocycles. The summed E-state index contributed by atoms with van der Waals surface area (Å²) in [6, 6.07) is 14.0. The maximum Gasteiger partial charge on any atom is 0.410 e. The predicted octanol–water partition coefficient (Wildman–Crippen LogP) is 4.90. The number of piperidine rings is 1. The Morgan fingerprint density at radius 3 is 2.39 bits per heavy atom. The number of amides is 1. The molecule has 2 heterocycles. The van der Waals surface area contributed by atoms with Crippen molar-refractivity contribution in [2.45, 2.75) is 51.3 Å². The fourth-order valence-electron chi connectivity index (χ4n) is 4.61. The highest BCUT2D eigenvalue weighted by atomic mass is 19.1. The highest BCUT2D eigenvalue weighted by Crippen LogP contribution is 2.40. The highest BCUT2D eigenvalue weighted by molar-refractivity contribution is 5.99. The molecular formula is C23H24FNO3. The molecule has 0 spiro atoms. The van der Waals surface area contributed by atoms with Gasteiger partial charge in [-0.05, 0) is 61.9 Å². The zero-order chi connectivity index (χ0) is 19.7. The van der Waals surface area contributed by atoms with Crippen LogP contribution in [0.25, 0.3) is 0 Å². The van der Waals surface area contributed by atoms with Crippen molar-refractivity contribution >= 4 is 11.9 Å². The number of carbonyl (C=O) groups is 2. The summed E-state index contributed by atoms with van der Waals surface area (Å²) >= 11 is 0. The molecule has 2 aromatic carbocycles. The number of nitrogens with zero attached hydrogens (tertiary/aromatic N) is 1. The molecule has 5 heteroatoms. The van der Waals surface area contributed by atoms with E-state index in [1.807, 2.05) is 35.2 Å². The van der Waals surface area contributed by atoms with Crippen molar-refractivity contribution < 1.29 is 18.7 Å². The van der Waals surface area contributed by atoms with E-state index in [0.29, 0.717) is 24.0 Å². The van der Waals surface area contributed by atoms with Crippen molar-refractivity contribution in [1.29, 1.82) is 0 Å². The molecule has 2 unspecified atom stereocenters. The third kappa shape index (κ3) is 3.66. The molecule has 4 rings (SSSR count). The molecule has 28 heavy (non-hydrogen) atoms. The van der Waals surface area contributed by atoms with E-state index in [1.165, 1.54) is 12.1 Å². The van der Waals surface area contributed by atoms with Crippen LogP contribution in [-0.4, -0.2) is 28.9 Å². The number of hydrogen-bond donors (Lipinski definition) is 0. The Labute approximate surface area is 164 Å². The molecule has 2 aliphatic rings. The van der Waals surface area contributed by atoms with Gasteiger partial charge in [-0.25, -0.2) is 9.18 Å². The Hall–Kier alpha value is -2.69. The molecular weight excluding hydrogens is 357 g/mol. The number of carbonyl (C=O) groups excluding carboxylic acids is 2. The van der Waals surface area contributed by atoms with Crippen molar-refractivity contribution in [2.24, 2.45) is 5.92 Å². The normalized spacial score (nSPS) is 23.5. The average molecular weight is 381 g/mol. The minimum Gasteiger partial charge on any atom is -0.445 e. The first-order valence-corrected chi connectivity index (χ1v) is 9.82. The Bertz CT molecular complexity index is 869. The van der Waals surface area contributed by atoms with E-state index in [4.69, 9.17) is 4.74 Å². The van der Waals surface area contributed by atoms with E-state index >= 15 is 0 Å². The standard InChI is InChI=1S/C23H24FNO3/c1-15-11-18(24)7-10-21(15)22(26)17-12-19-8-9-20(13-17)25(19)23(27)28-14-16-5-3-2-4-6-16/h2-7,10-11,17,19-20H,8-9,12-14H2,1H3. The van der Waals surface area contributed by atoms with Crippen LogP contribution >= 0.6 is 0 Å². The van der Waals surface area contributed by atoms with Crippen LogP contribution in [0.3, 0.4) is 0 Å². The number of halogens is 1. The molecule has 2 aromatic rings. The van der Waals surface area contributed by atoms with E-state index in [0.717, 1.165) is 18.4 Å². The quantitative estimate of drug-likeness (QED) is 0.708. The molecule has 2 fully saturated rings. The summed E-state index contributed by atoms with van der Waals surface area (Å²) in [5.74, 6) is -0.392. The second kappa shape index (κ2) is 7.74. The number of Topliss-reactive ketones (excluding diaryl/α,β-unsaturated/α-hetero) is 1. The summed E-state index contributed by atoms with van der Waals surface area (Å²) in [6.07, 6.45) is 2.80. The van der Waals surface area contributed by atoms with Crippen LogP contribution < -0.4 is 0 Å². The second-order valence-corrected chi connectivity index (χ2v) is 7.82. The van der Waals surface area contributed by atoms with Gasteiger partial charge in [0.1, 0.15) is 12.4 Å². The van der Waals surface area contributed by atoms with E-state index in [9.17, 15) is 14.0 Å². The van der Waals surface area contributed by atoms with Crippen LogP contribution in [0.1, 0.15) is 47.2 Å². The molecule has 0 saturated carbocycles. The summed E-state index contributed by atoms with van der Waals surface area (Å²) < 4.78 is 18.9. The van der Waals surface area contributed by atoms with E-state index in [2.05, 4.69) is 0 Å². The molecule has 2 atom stereocenters. The number of ether oxygens (including phenoxy) is 1. The Morgan fingerprint density at radius 1 is 1.07 bits per heavy atom. The fraction of sp³-hybridized carbons (Fsp3) is 0.391. The first-order chi connectivity index (χ1) is 13.5. The fourth-order valence-corrected chi connectivity index (χ4v) is 4.61. The van der Waals surface area contributed by atoms with Crippen LogP contribution in [0, 0.1) is 18.7 Å². The van der Waals surface area contributed by atoms with E-state index in [1.54, 1.807) is 13.0 Å². The van der Waals surface area contributed by atoms with Gasteiger partial charge in [-0.1, -0.05) is 30.3 Å². The summed E-state index contributed by atoms with van der Waals surface area (Å²) in [5, 5.41) is 0. The molecule has 4 nitrogen and oxygen atoms in total. The van der Waals surface area contributed by atoms with Crippen molar-refractivity contribution in [3.8, 4) is 0 Å². The van der Waals surface area contributed by atoms with Crippen LogP contribution in [0.4, 0.5) is 9.18 Å². The van der Waals surface area contributed by atoms with Gasteiger partial charge >= 0.3 is 6.09 Å². The second-order valence-electron chi connectivity index (χ2n) is 7.82. The van der Waals surface area contributed by atoms with Crippen molar-refractivity contribution in [2.75, 3.05) is 0 Å². The van der Waals surface area contributed by atoms with E-state index < -0.39 is 0 Å². The van der Waals surface area contributed by atoms with Crippen LogP contribution in [-0.2, 0) is 11.3 Å². The molecule has 0 aromatic heterocycles. The third-order valence-corrected chi connectivity index (χ3v) is 5.97. The van der Waals surface area contributed by atoms with E-state index in [-0.39, 0.29) is 42.3 Å². The van der Waals surface area contributed by atoms with Gasteiger partial charge < -0.3 is 9.64 Å². The zero-order valence-electron chi connectivity index (χ0n) is 15.9. The third-order valence-electron chi connectivity index (χ3n) is 5.97. The minimum absolute atomic E-state index is 0.0386. The lowest BCUT2D eigenvalue weighted by atomic mass is 9.84. The summed E-state index contributed by atoms with van der Waals surface area (Å²) in [4.78, 5) is 27.5. The van der Waals surface area contributed by atoms with Gasteiger partial charge in [0.25, 0.3) is 0 Å². The smallest absolute Gasteiger partial charge is 0.410 e. The SMILES string of the molecule is Cc1cc(F)ccc1C(=O)C1CC2CCC(C1)N2C(=O)OCc1ccccc1.